The van der Waals surface area contributed by atoms with Gasteiger partial charge in [-0.25, -0.2) is 0 Å². The molecule has 1 heterocycles. The van der Waals surface area contributed by atoms with E-state index < -0.39 is 0 Å². The number of ether oxygens (including phenoxy) is 2. The minimum absolute atomic E-state index is 0.194. The summed E-state index contributed by atoms with van der Waals surface area (Å²) < 4.78 is 9.25. The Labute approximate surface area is 58.1 Å². The maximum Gasteiger partial charge on any atom is 0.309 e. The van der Waals surface area contributed by atoms with Gasteiger partial charge >= 0.3 is 11.9 Å². The molecule has 0 aromatic carbocycles. The number of hydrogen-bond donors (Lipinski definition) is 0. The van der Waals surface area contributed by atoms with Crippen LogP contribution in [0, 0.1) is 0 Å². The number of esters is 2. The Morgan fingerprint density at radius 2 is 2.50 bits per heavy atom. The van der Waals surface area contributed by atoms with Crippen LogP contribution in [0.2, 0.25) is 0 Å². The molecule has 56 valence electrons. The van der Waals surface area contributed by atoms with Crippen LogP contribution in [0.25, 0.3) is 0 Å². The Hall–Kier alpha value is -1.06. The first-order valence-electron chi connectivity index (χ1n) is 3.01. The zero-order chi connectivity index (χ0) is 7.56. The van der Waals surface area contributed by atoms with Gasteiger partial charge in [0, 0.05) is 6.92 Å². The zero-order valence-electron chi connectivity index (χ0n) is 5.62. The Balaban J connectivity index is 2.31. The Bertz CT molecular complexity index is 163. The second-order valence-electron chi connectivity index (χ2n) is 2.12. The normalized spacial score (nSPS) is 24.1. The fourth-order valence-corrected chi connectivity index (χ4v) is 0.800. The Morgan fingerprint density at radius 1 is 1.80 bits per heavy atom. The third kappa shape index (κ3) is 1.72. The lowest BCUT2D eigenvalue weighted by molar-refractivity contribution is -0.146. The average Bonchev–Trinajstić information content (AvgIpc) is 2.13. The van der Waals surface area contributed by atoms with Gasteiger partial charge in [-0.1, -0.05) is 0 Å². The van der Waals surface area contributed by atoms with E-state index in [4.69, 9.17) is 4.74 Å². The molecule has 4 heteroatoms. The van der Waals surface area contributed by atoms with Crippen molar-refractivity contribution in [1.82, 2.24) is 0 Å². The van der Waals surface area contributed by atoms with Crippen molar-refractivity contribution in [2.75, 3.05) is 6.61 Å². The van der Waals surface area contributed by atoms with Crippen molar-refractivity contribution in [2.24, 2.45) is 0 Å². The molecule has 1 saturated heterocycles. The summed E-state index contributed by atoms with van der Waals surface area (Å²) in [5.74, 6) is -0.672. The van der Waals surface area contributed by atoms with Crippen molar-refractivity contribution in [3.05, 3.63) is 0 Å². The molecule has 10 heavy (non-hydrogen) atoms. The van der Waals surface area contributed by atoms with Gasteiger partial charge in [-0.3, -0.25) is 9.59 Å². The Kier molecular flexibility index (Phi) is 1.89. The van der Waals surface area contributed by atoms with Crippen LogP contribution < -0.4 is 0 Å². The van der Waals surface area contributed by atoms with Crippen molar-refractivity contribution in [3.8, 4) is 0 Å². The van der Waals surface area contributed by atoms with Crippen molar-refractivity contribution in [1.29, 1.82) is 0 Å². The summed E-state index contributed by atoms with van der Waals surface area (Å²) in [6.07, 6.45) is -0.162. The second kappa shape index (κ2) is 2.68. The summed E-state index contributed by atoms with van der Waals surface area (Å²) in [6, 6.07) is 0. The van der Waals surface area contributed by atoms with Gasteiger partial charge in [0.1, 0.15) is 12.7 Å². The van der Waals surface area contributed by atoms with Crippen LogP contribution in [0.15, 0.2) is 0 Å². The maximum absolute atomic E-state index is 10.4. The van der Waals surface area contributed by atoms with E-state index in [9.17, 15) is 9.59 Å². The van der Waals surface area contributed by atoms with E-state index in [-0.39, 0.29) is 31.1 Å². The standard InChI is InChI=1S/C6H8O4/c1-4(7)10-5-2-6(8)9-3-5/h5H,2-3H2,1H3. The molecule has 1 aliphatic rings. The van der Waals surface area contributed by atoms with E-state index >= 15 is 0 Å². The molecule has 1 atom stereocenters. The molecule has 0 saturated carbocycles. The highest BCUT2D eigenvalue weighted by Gasteiger charge is 2.25. The first-order chi connectivity index (χ1) is 4.68. The van der Waals surface area contributed by atoms with Gasteiger partial charge < -0.3 is 9.47 Å². The predicted octanol–water partition coefficient (Wildman–Crippen LogP) is -0.135. The second-order valence-corrected chi connectivity index (χ2v) is 2.12. The minimum Gasteiger partial charge on any atom is -0.462 e. The van der Waals surface area contributed by atoms with Gasteiger partial charge in [-0.05, 0) is 0 Å². The monoisotopic (exact) mass is 144 g/mol. The molecule has 0 amide bonds. The quantitative estimate of drug-likeness (QED) is 0.481. The SMILES string of the molecule is CC(=O)OC1COC(=O)C1. The maximum atomic E-state index is 10.4. The van der Waals surface area contributed by atoms with Crippen LogP contribution in [0.4, 0.5) is 0 Å². The van der Waals surface area contributed by atoms with E-state index in [0.29, 0.717) is 0 Å². The molecule has 4 nitrogen and oxygen atoms in total. The van der Waals surface area contributed by atoms with E-state index in [0.717, 1.165) is 0 Å². The predicted molar refractivity (Wildman–Crippen MR) is 31.1 cm³/mol. The van der Waals surface area contributed by atoms with Gasteiger partial charge in [0.2, 0.25) is 0 Å². The minimum atomic E-state index is -0.372. The first-order valence-corrected chi connectivity index (χ1v) is 3.01. The fourth-order valence-electron chi connectivity index (χ4n) is 0.800. The highest BCUT2D eigenvalue weighted by Crippen LogP contribution is 2.09. The fraction of sp³-hybridized carbons (Fsp3) is 0.667. The lowest BCUT2D eigenvalue weighted by atomic mass is 10.3. The third-order valence-electron chi connectivity index (χ3n) is 1.16. The van der Waals surface area contributed by atoms with E-state index in [2.05, 4.69) is 4.74 Å². The molecular weight excluding hydrogens is 136 g/mol. The molecule has 0 aromatic heterocycles. The van der Waals surface area contributed by atoms with Gasteiger partial charge in [-0.2, -0.15) is 0 Å². The molecule has 0 bridgehead atoms. The van der Waals surface area contributed by atoms with Gasteiger partial charge in [0.15, 0.2) is 0 Å². The van der Waals surface area contributed by atoms with Gasteiger partial charge in [0.25, 0.3) is 0 Å². The van der Waals surface area contributed by atoms with Crippen LogP contribution in [-0.4, -0.2) is 24.6 Å². The third-order valence-corrected chi connectivity index (χ3v) is 1.16. The van der Waals surface area contributed by atoms with Gasteiger partial charge in [-0.15, -0.1) is 0 Å². The molecule has 1 aliphatic heterocycles. The lowest BCUT2D eigenvalue weighted by Crippen LogP contribution is -2.15. The topological polar surface area (TPSA) is 52.6 Å². The molecule has 0 aliphatic carbocycles. The number of rotatable bonds is 1. The molecular formula is C6H8O4. The van der Waals surface area contributed by atoms with Crippen molar-refractivity contribution < 1.29 is 19.1 Å². The largest absolute Gasteiger partial charge is 0.462 e. The van der Waals surface area contributed by atoms with E-state index in [1.807, 2.05) is 0 Å². The number of carbonyl (C=O) groups excluding carboxylic acids is 2. The molecule has 0 spiro atoms. The highest BCUT2D eigenvalue weighted by molar-refractivity contribution is 5.73. The molecule has 1 fully saturated rings. The molecule has 1 unspecified atom stereocenters. The van der Waals surface area contributed by atoms with Crippen molar-refractivity contribution in [3.63, 3.8) is 0 Å². The summed E-state index contributed by atoms with van der Waals surface area (Å²) in [5, 5.41) is 0. The van der Waals surface area contributed by atoms with Crippen LogP contribution in [0.5, 0.6) is 0 Å². The summed E-state index contributed by atoms with van der Waals surface area (Å²) in [6.45, 7) is 1.52. The molecule has 0 aromatic rings. The number of hydrogen-bond acceptors (Lipinski definition) is 4. The van der Waals surface area contributed by atoms with Gasteiger partial charge in [0.05, 0.1) is 6.42 Å². The summed E-state index contributed by atoms with van der Waals surface area (Å²) in [5.41, 5.74) is 0. The molecule has 1 rings (SSSR count). The summed E-state index contributed by atoms with van der Waals surface area (Å²) in [7, 11) is 0. The van der Waals surface area contributed by atoms with Crippen molar-refractivity contribution in [2.45, 2.75) is 19.4 Å². The van der Waals surface area contributed by atoms with E-state index in [1.54, 1.807) is 0 Å². The average molecular weight is 144 g/mol. The zero-order valence-corrected chi connectivity index (χ0v) is 5.62. The first kappa shape index (κ1) is 7.05. The van der Waals surface area contributed by atoms with Crippen LogP contribution in [0.3, 0.4) is 0 Å². The molecule has 0 radical (unpaired) electrons. The Morgan fingerprint density at radius 3 is 2.90 bits per heavy atom. The summed E-state index contributed by atoms with van der Waals surface area (Å²) >= 11 is 0. The van der Waals surface area contributed by atoms with Crippen LogP contribution >= 0.6 is 0 Å². The van der Waals surface area contributed by atoms with Crippen LogP contribution in [-0.2, 0) is 19.1 Å². The number of cyclic esters (lactones) is 1. The lowest BCUT2D eigenvalue weighted by Gasteiger charge is -2.04. The van der Waals surface area contributed by atoms with Crippen molar-refractivity contribution >= 4 is 11.9 Å². The number of carbonyl (C=O) groups is 2. The van der Waals surface area contributed by atoms with E-state index in [1.165, 1.54) is 6.92 Å². The highest BCUT2D eigenvalue weighted by atomic mass is 16.6. The molecule has 0 N–H and O–H groups in total. The van der Waals surface area contributed by atoms with Crippen LogP contribution in [0.1, 0.15) is 13.3 Å². The smallest absolute Gasteiger partial charge is 0.309 e. The summed E-state index contributed by atoms with van der Waals surface area (Å²) in [4.78, 5) is 20.7.